The van der Waals surface area contributed by atoms with E-state index >= 15 is 0 Å². The summed E-state index contributed by atoms with van der Waals surface area (Å²) in [7, 11) is 0. The van der Waals surface area contributed by atoms with Crippen molar-refractivity contribution in [3.63, 3.8) is 0 Å². The summed E-state index contributed by atoms with van der Waals surface area (Å²) in [6.45, 7) is 6.46. The number of amides is 2. The number of hydrogen-bond donors (Lipinski definition) is 3. The second-order valence-electron chi connectivity index (χ2n) is 13.4. The smallest absolute Gasteiger partial charge is 0.410 e. The number of aromatic amines is 1. The summed E-state index contributed by atoms with van der Waals surface area (Å²) in [4.78, 5) is 57.5. The van der Waals surface area contributed by atoms with Crippen LogP contribution in [0.25, 0.3) is 21.9 Å². The summed E-state index contributed by atoms with van der Waals surface area (Å²) in [6.07, 6.45) is 2.98. The van der Waals surface area contributed by atoms with Crippen LogP contribution in [0.3, 0.4) is 0 Å². The Bertz CT molecular complexity index is 2050. The van der Waals surface area contributed by atoms with Gasteiger partial charge in [-0.05, 0) is 75.9 Å². The maximum absolute atomic E-state index is 13.4. The van der Waals surface area contributed by atoms with Crippen LogP contribution in [0.15, 0.2) is 67.0 Å². The zero-order valence-corrected chi connectivity index (χ0v) is 30.1. The molecule has 3 aromatic carbocycles. The molecule has 6 rings (SSSR count). The fourth-order valence-electron chi connectivity index (χ4n) is 5.96. The van der Waals surface area contributed by atoms with Crippen molar-refractivity contribution in [1.29, 1.82) is 0 Å². The molecule has 1 saturated heterocycles. The van der Waals surface area contributed by atoms with Crippen LogP contribution in [-0.2, 0) is 20.9 Å². The first-order chi connectivity index (χ1) is 24.4. The minimum absolute atomic E-state index is 0.0999. The highest BCUT2D eigenvalue weighted by Crippen LogP contribution is 2.31. The lowest BCUT2D eigenvalue weighted by Crippen LogP contribution is -2.45. The number of nitrogens with one attached hydrogen (secondary N) is 3. The number of fused-ring (bicyclic) bond motifs is 2. The van der Waals surface area contributed by atoms with Crippen LogP contribution in [0.2, 0.25) is 10.0 Å². The first-order valence-electron chi connectivity index (χ1n) is 16.8. The number of carbonyl (C=O) groups is 3. The van der Waals surface area contributed by atoms with Gasteiger partial charge in [-0.15, -0.1) is 0 Å². The number of carbonyl (C=O) groups excluding carboxylic acids is 3. The summed E-state index contributed by atoms with van der Waals surface area (Å²) < 4.78 is 11.1. The van der Waals surface area contributed by atoms with Crippen LogP contribution in [0.1, 0.15) is 74.2 Å². The average Bonchev–Trinajstić information content (AvgIpc) is 3.75. The molecule has 2 aromatic heterocycles. The molecule has 0 unspecified atom stereocenters. The summed E-state index contributed by atoms with van der Waals surface area (Å²) in [5, 5.41) is 7.67. The SMILES string of the molecule is CC(C)(C)OC(=O)N1CCC[C@@H]1CNC(=O)c1cc2ncnc(N[C@@H](CCC(=O)OCc3ccccc3)c3nc4cc(Cl)ccc4[nH]3)c2cc1Cl. The van der Waals surface area contributed by atoms with Gasteiger partial charge in [0.05, 0.1) is 39.2 Å². The van der Waals surface area contributed by atoms with Gasteiger partial charge in [0.25, 0.3) is 5.91 Å². The van der Waals surface area contributed by atoms with Gasteiger partial charge in [0.2, 0.25) is 0 Å². The number of H-pyrrole nitrogens is 1. The Balaban J connectivity index is 1.19. The van der Waals surface area contributed by atoms with Gasteiger partial charge in [-0.25, -0.2) is 19.7 Å². The number of rotatable bonds is 11. The molecule has 0 saturated carbocycles. The Hall–Kier alpha value is -4.94. The molecule has 2 atom stereocenters. The van der Waals surface area contributed by atoms with Gasteiger partial charge in [-0.1, -0.05) is 53.5 Å². The molecular formula is C37H39Cl2N7O5. The number of nitrogens with zero attached hydrogens (tertiary/aromatic N) is 4. The highest BCUT2D eigenvalue weighted by molar-refractivity contribution is 6.35. The summed E-state index contributed by atoms with van der Waals surface area (Å²) in [5.74, 6) is 0.264. The highest BCUT2D eigenvalue weighted by atomic mass is 35.5. The van der Waals surface area contributed by atoms with Crippen LogP contribution >= 0.6 is 23.2 Å². The number of halogens is 2. The molecule has 1 aliphatic rings. The number of ether oxygens (including phenoxy) is 2. The van der Waals surface area contributed by atoms with E-state index in [0.717, 1.165) is 23.9 Å². The molecule has 1 fully saturated rings. The van der Waals surface area contributed by atoms with E-state index in [0.29, 0.717) is 46.1 Å². The van der Waals surface area contributed by atoms with E-state index in [1.165, 1.54) is 6.33 Å². The van der Waals surface area contributed by atoms with Crippen molar-refractivity contribution in [3.05, 3.63) is 94.0 Å². The van der Waals surface area contributed by atoms with Crippen LogP contribution in [0.5, 0.6) is 0 Å². The average molecular weight is 733 g/mol. The molecule has 3 N–H and O–H groups in total. The lowest BCUT2D eigenvalue weighted by atomic mass is 10.1. The third-order valence-corrected chi connectivity index (χ3v) is 9.00. The van der Waals surface area contributed by atoms with E-state index < -0.39 is 17.7 Å². The molecular weight excluding hydrogens is 693 g/mol. The maximum Gasteiger partial charge on any atom is 0.410 e. The second kappa shape index (κ2) is 15.5. The second-order valence-corrected chi connectivity index (χ2v) is 14.3. The molecule has 3 heterocycles. The van der Waals surface area contributed by atoms with Gasteiger partial charge in [-0.2, -0.15) is 0 Å². The lowest BCUT2D eigenvalue weighted by molar-refractivity contribution is -0.145. The van der Waals surface area contributed by atoms with Crippen molar-refractivity contribution < 1.29 is 23.9 Å². The third-order valence-electron chi connectivity index (χ3n) is 8.46. The molecule has 0 bridgehead atoms. The van der Waals surface area contributed by atoms with E-state index in [1.807, 2.05) is 57.2 Å². The number of likely N-dealkylation sites (tertiary alicyclic amines) is 1. The quantitative estimate of drug-likeness (QED) is 0.117. The molecule has 0 radical (unpaired) electrons. The molecule has 12 nitrogen and oxygen atoms in total. The molecule has 5 aromatic rings. The van der Waals surface area contributed by atoms with Crippen molar-refractivity contribution >= 4 is 68.9 Å². The Morgan fingerprint density at radius 3 is 2.63 bits per heavy atom. The summed E-state index contributed by atoms with van der Waals surface area (Å²) >= 11 is 12.9. The monoisotopic (exact) mass is 731 g/mol. The Morgan fingerprint density at radius 2 is 1.84 bits per heavy atom. The fourth-order valence-corrected chi connectivity index (χ4v) is 6.37. The van der Waals surface area contributed by atoms with Gasteiger partial charge in [-0.3, -0.25) is 9.59 Å². The molecule has 266 valence electrons. The number of esters is 1. The number of benzene rings is 3. The van der Waals surface area contributed by atoms with Crippen LogP contribution < -0.4 is 10.6 Å². The number of hydrogen-bond acceptors (Lipinski definition) is 9. The van der Waals surface area contributed by atoms with Crippen LogP contribution in [0, 0.1) is 0 Å². The van der Waals surface area contributed by atoms with Gasteiger partial charge in [0.1, 0.15) is 30.2 Å². The zero-order chi connectivity index (χ0) is 36.1. The normalized spacial score (nSPS) is 15.2. The minimum Gasteiger partial charge on any atom is -0.461 e. The van der Waals surface area contributed by atoms with Crippen LogP contribution in [0.4, 0.5) is 10.6 Å². The topological polar surface area (TPSA) is 151 Å². The molecule has 2 amide bonds. The van der Waals surface area contributed by atoms with Crippen molar-refractivity contribution in [1.82, 2.24) is 30.2 Å². The van der Waals surface area contributed by atoms with E-state index in [4.69, 9.17) is 37.7 Å². The van der Waals surface area contributed by atoms with Crippen molar-refractivity contribution in [2.24, 2.45) is 0 Å². The van der Waals surface area contributed by atoms with E-state index in [9.17, 15) is 14.4 Å². The predicted molar refractivity (Wildman–Crippen MR) is 196 cm³/mol. The van der Waals surface area contributed by atoms with Gasteiger partial charge in [0.15, 0.2) is 0 Å². The van der Waals surface area contributed by atoms with Crippen molar-refractivity contribution in [2.45, 2.75) is 70.7 Å². The van der Waals surface area contributed by atoms with Gasteiger partial charge in [0, 0.05) is 29.9 Å². The first-order valence-corrected chi connectivity index (χ1v) is 17.5. The largest absolute Gasteiger partial charge is 0.461 e. The van der Waals surface area contributed by atoms with Gasteiger partial charge >= 0.3 is 12.1 Å². The molecule has 51 heavy (non-hydrogen) atoms. The molecule has 0 spiro atoms. The zero-order valence-electron chi connectivity index (χ0n) is 28.5. The minimum atomic E-state index is -0.615. The number of anilines is 1. The Labute approximate surface area is 305 Å². The van der Waals surface area contributed by atoms with E-state index in [2.05, 4.69) is 25.6 Å². The Kier molecular flexibility index (Phi) is 10.9. The van der Waals surface area contributed by atoms with Gasteiger partial charge < -0.3 is 30.0 Å². The van der Waals surface area contributed by atoms with Crippen molar-refractivity contribution in [2.75, 3.05) is 18.4 Å². The molecule has 1 aliphatic heterocycles. The summed E-state index contributed by atoms with van der Waals surface area (Å²) in [5.41, 5.74) is 2.46. The maximum atomic E-state index is 13.4. The third kappa shape index (κ3) is 9.05. The highest BCUT2D eigenvalue weighted by Gasteiger charge is 2.32. The van der Waals surface area contributed by atoms with E-state index in [-0.39, 0.29) is 48.1 Å². The number of aromatic nitrogens is 4. The molecule has 0 aliphatic carbocycles. The van der Waals surface area contributed by atoms with Crippen LogP contribution in [-0.4, -0.2) is 67.5 Å². The fraction of sp³-hybridized carbons (Fsp3) is 0.351. The predicted octanol–water partition coefficient (Wildman–Crippen LogP) is 7.62. The van der Waals surface area contributed by atoms with Crippen molar-refractivity contribution in [3.8, 4) is 0 Å². The van der Waals surface area contributed by atoms with E-state index in [1.54, 1.807) is 29.2 Å². The number of imidazole rings is 1. The first kappa shape index (κ1) is 35.9. The Morgan fingerprint density at radius 1 is 1.04 bits per heavy atom. The lowest BCUT2D eigenvalue weighted by Gasteiger charge is -2.28. The standard InChI is InChI=1S/C37H39Cl2N7O5/c1-37(2,3)51-36(49)46-15-7-10-24(46)19-40-35(48)25-18-30-26(17-27(25)39)33(42-21-41-30)44-29(34-43-28-12-11-23(38)16-31(28)45-34)13-14-32(47)50-20-22-8-5-4-6-9-22/h4-6,8-9,11-12,16-18,21,24,29H,7,10,13-15,19-20H2,1-3H3,(H,40,48)(H,43,45)(H,41,42,44)/t24-,29+/m1/s1. The molecule has 14 heteroatoms. The summed E-state index contributed by atoms with van der Waals surface area (Å²) in [6, 6.07) is 17.4.